The molecule has 3 aromatic rings. The van der Waals surface area contributed by atoms with Gasteiger partial charge < -0.3 is 9.64 Å². The molecule has 2 atom stereocenters. The van der Waals surface area contributed by atoms with Crippen LogP contribution in [-0.2, 0) is 4.79 Å². The number of halogens is 1. The molecule has 1 heterocycles. The molecule has 142 valence electrons. The Hall–Kier alpha value is -2.34. The number of β-lactam (4-membered cyclic amide) rings is 1. The first-order valence-electron chi connectivity index (χ1n) is 9.55. The topological polar surface area (TPSA) is 29.5 Å². The molecule has 1 aliphatic rings. The third kappa shape index (κ3) is 3.65. The van der Waals surface area contributed by atoms with Crippen LogP contribution in [-0.4, -0.2) is 12.5 Å². The third-order valence-corrected chi connectivity index (χ3v) is 5.77. The zero-order valence-corrected chi connectivity index (χ0v) is 17.9. The Bertz CT molecular complexity index is 939. The SMILES string of the molecule is CCCOc1ccc(C2C(c3ccccc3)C(=O)N2c2ccc(I)cc2)cc1. The summed E-state index contributed by atoms with van der Waals surface area (Å²) in [7, 11) is 0. The summed E-state index contributed by atoms with van der Waals surface area (Å²) in [5, 5.41) is 0. The summed E-state index contributed by atoms with van der Waals surface area (Å²) in [6, 6.07) is 26.3. The van der Waals surface area contributed by atoms with Crippen molar-refractivity contribution in [2.24, 2.45) is 0 Å². The minimum atomic E-state index is -0.164. The van der Waals surface area contributed by atoms with Gasteiger partial charge in [0.05, 0.1) is 18.6 Å². The number of anilines is 1. The summed E-state index contributed by atoms with van der Waals surface area (Å²) >= 11 is 2.28. The van der Waals surface area contributed by atoms with Crippen LogP contribution in [0.2, 0.25) is 0 Å². The molecule has 0 radical (unpaired) electrons. The standard InChI is InChI=1S/C24H22INO2/c1-2-16-28-21-14-8-18(9-15-21)23-22(17-6-4-3-5-7-17)24(27)26(23)20-12-10-19(25)11-13-20/h3-15,22-23H,2,16H2,1H3. The van der Waals surface area contributed by atoms with Crippen LogP contribution < -0.4 is 9.64 Å². The fourth-order valence-corrected chi connectivity index (χ4v) is 4.05. The van der Waals surface area contributed by atoms with Crippen LogP contribution in [0.5, 0.6) is 5.75 Å². The minimum absolute atomic E-state index is 0.0183. The average Bonchev–Trinajstić information content (AvgIpc) is 2.73. The predicted molar refractivity (Wildman–Crippen MR) is 121 cm³/mol. The van der Waals surface area contributed by atoms with Crippen LogP contribution >= 0.6 is 22.6 Å². The predicted octanol–water partition coefficient (Wildman–Crippen LogP) is 5.95. The number of hydrogen-bond donors (Lipinski definition) is 0. The molecule has 1 fully saturated rings. The van der Waals surface area contributed by atoms with Gasteiger partial charge in [0, 0.05) is 9.26 Å². The highest BCUT2D eigenvalue weighted by molar-refractivity contribution is 14.1. The first-order valence-corrected chi connectivity index (χ1v) is 10.6. The van der Waals surface area contributed by atoms with Crippen molar-refractivity contribution < 1.29 is 9.53 Å². The molecule has 1 saturated heterocycles. The highest BCUT2D eigenvalue weighted by atomic mass is 127. The van der Waals surface area contributed by atoms with E-state index in [2.05, 4.69) is 41.6 Å². The smallest absolute Gasteiger partial charge is 0.237 e. The molecule has 4 rings (SSSR count). The lowest BCUT2D eigenvalue weighted by Crippen LogP contribution is -2.53. The maximum Gasteiger partial charge on any atom is 0.237 e. The first-order chi connectivity index (χ1) is 13.7. The Morgan fingerprint density at radius 1 is 0.893 bits per heavy atom. The van der Waals surface area contributed by atoms with Gasteiger partial charge in [-0.15, -0.1) is 0 Å². The lowest BCUT2D eigenvalue weighted by atomic mass is 9.77. The number of ether oxygens (including phenoxy) is 1. The van der Waals surface area contributed by atoms with Crippen molar-refractivity contribution in [3.8, 4) is 5.75 Å². The summed E-state index contributed by atoms with van der Waals surface area (Å²) in [5.74, 6) is 0.847. The molecule has 1 aliphatic heterocycles. The van der Waals surface area contributed by atoms with E-state index in [1.807, 2.05) is 71.6 Å². The summed E-state index contributed by atoms with van der Waals surface area (Å²) < 4.78 is 6.87. The Labute approximate surface area is 179 Å². The second-order valence-corrected chi connectivity index (χ2v) is 8.18. The van der Waals surface area contributed by atoms with Crippen molar-refractivity contribution in [1.29, 1.82) is 0 Å². The fourth-order valence-electron chi connectivity index (χ4n) is 3.69. The normalized spacial score (nSPS) is 18.6. The Morgan fingerprint density at radius 2 is 1.57 bits per heavy atom. The van der Waals surface area contributed by atoms with Crippen molar-refractivity contribution in [2.75, 3.05) is 11.5 Å². The van der Waals surface area contributed by atoms with E-state index < -0.39 is 0 Å². The average molecular weight is 483 g/mol. The van der Waals surface area contributed by atoms with Gasteiger partial charge in [0.15, 0.2) is 0 Å². The van der Waals surface area contributed by atoms with Crippen LogP contribution in [0.1, 0.15) is 36.4 Å². The molecule has 2 unspecified atom stereocenters. The number of amides is 1. The monoisotopic (exact) mass is 483 g/mol. The number of carbonyl (C=O) groups is 1. The van der Waals surface area contributed by atoms with Gasteiger partial charge in [-0.2, -0.15) is 0 Å². The molecule has 4 heteroatoms. The summed E-state index contributed by atoms with van der Waals surface area (Å²) in [6.45, 7) is 2.81. The molecular weight excluding hydrogens is 461 g/mol. The lowest BCUT2D eigenvalue weighted by molar-refractivity contribution is -0.126. The van der Waals surface area contributed by atoms with Crippen LogP contribution in [0.25, 0.3) is 0 Å². The summed E-state index contributed by atoms with van der Waals surface area (Å²) in [5.41, 5.74) is 3.12. The number of hydrogen-bond acceptors (Lipinski definition) is 2. The number of carbonyl (C=O) groups excluding carboxylic acids is 1. The zero-order chi connectivity index (χ0) is 19.5. The molecule has 28 heavy (non-hydrogen) atoms. The van der Waals surface area contributed by atoms with Gasteiger partial charge >= 0.3 is 0 Å². The maximum atomic E-state index is 13.1. The molecule has 1 amide bonds. The van der Waals surface area contributed by atoms with Gasteiger partial charge in [-0.25, -0.2) is 0 Å². The molecule has 0 bridgehead atoms. The second kappa shape index (κ2) is 8.35. The van der Waals surface area contributed by atoms with E-state index in [4.69, 9.17) is 4.74 Å². The van der Waals surface area contributed by atoms with Gasteiger partial charge in [-0.3, -0.25) is 4.79 Å². The Morgan fingerprint density at radius 3 is 2.21 bits per heavy atom. The van der Waals surface area contributed by atoms with E-state index in [0.717, 1.165) is 32.6 Å². The van der Waals surface area contributed by atoms with Gasteiger partial charge in [0.25, 0.3) is 0 Å². The highest BCUT2D eigenvalue weighted by Gasteiger charge is 2.49. The number of nitrogens with zero attached hydrogens (tertiary/aromatic N) is 1. The molecule has 0 saturated carbocycles. The third-order valence-electron chi connectivity index (χ3n) is 5.06. The zero-order valence-electron chi connectivity index (χ0n) is 15.7. The van der Waals surface area contributed by atoms with Crippen LogP contribution in [0.3, 0.4) is 0 Å². The summed E-state index contributed by atoms with van der Waals surface area (Å²) in [4.78, 5) is 15.1. The highest BCUT2D eigenvalue weighted by Crippen LogP contribution is 2.49. The van der Waals surface area contributed by atoms with Crippen molar-refractivity contribution in [3.05, 3.63) is 93.6 Å². The van der Waals surface area contributed by atoms with Gasteiger partial charge in [0.2, 0.25) is 5.91 Å². The quantitative estimate of drug-likeness (QED) is 0.320. The van der Waals surface area contributed by atoms with E-state index in [0.29, 0.717) is 6.61 Å². The van der Waals surface area contributed by atoms with Crippen LogP contribution in [0.15, 0.2) is 78.9 Å². The fraction of sp³-hybridized carbons (Fsp3) is 0.208. The van der Waals surface area contributed by atoms with E-state index in [-0.39, 0.29) is 17.9 Å². The maximum absolute atomic E-state index is 13.1. The minimum Gasteiger partial charge on any atom is -0.494 e. The molecular formula is C24H22INO2. The van der Waals surface area contributed by atoms with Gasteiger partial charge in [0.1, 0.15) is 5.75 Å². The molecule has 0 aliphatic carbocycles. The number of benzene rings is 3. The van der Waals surface area contributed by atoms with E-state index in [9.17, 15) is 4.79 Å². The molecule has 3 nitrogen and oxygen atoms in total. The number of rotatable bonds is 6. The molecule has 0 aromatic heterocycles. The molecule has 0 N–H and O–H groups in total. The van der Waals surface area contributed by atoms with Crippen molar-refractivity contribution in [3.63, 3.8) is 0 Å². The van der Waals surface area contributed by atoms with Crippen LogP contribution in [0, 0.1) is 3.57 Å². The van der Waals surface area contributed by atoms with Crippen molar-refractivity contribution in [1.82, 2.24) is 0 Å². The summed E-state index contributed by atoms with van der Waals surface area (Å²) in [6.07, 6.45) is 0.982. The van der Waals surface area contributed by atoms with Crippen molar-refractivity contribution in [2.45, 2.75) is 25.3 Å². The largest absolute Gasteiger partial charge is 0.494 e. The molecule has 0 spiro atoms. The van der Waals surface area contributed by atoms with Gasteiger partial charge in [-0.1, -0.05) is 49.4 Å². The van der Waals surface area contributed by atoms with Gasteiger partial charge in [-0.05, 0) is 76.5 Å². The van der Waals surface area contributed by atoms with E-state index in [1.54, 1.807) is 0 Å². The Kier molecular flexibility index (Phi) is 5.67. The van der Waals surface area contributed by atoms with Crippen molar-refractivity contribution >= 4 is 34.2 Å². The second-order valence-electron chi connectivity index (χ2n) is 6.94. The molecule has 3 aromatic carbocycles. The van der Waals surface area contributed by atoms with E-state index >= 15 is 0 Å². The lowest BCUT2D eigenvalue weighted by Gasteiger charge is -2.47. The Balaban J connectivity index is 1.69. The van der Waals surface area contributed by atoms with Crippen LogP contribution in [0.4, 0.5) is 5.69 Å². The van der Waals surface area contributed by atoms with E-state index in [1.165, 1.54) is 0 Å². The first kappa shape index (κ1) is 19.0.